The van der Waals surface area contributed by atoms with Crippen molar-refractivity contribution in [1.29, 1.82) is 0 Å². The van der Waals surface area contributed by atoms with Crippen molar-refractivity contribution >= 4 is 35.1 Å². The summed E-state index contributed by atoms with van der Waals surface area (Å²) in [6, 6.07) is 11.3. The fourth-order valence-electron chi connectivity index (χ4n) is 4.25. The normalized spacial score (nSPS) is 14.4. The molecule has 0 aliphatic carbocycles. The zero-order valence-electron chi connectivity index (χ0n) is 18.6. The Morgan fingerprint density at radius 2 is 1.48 bits per heavy atom. The number of methoxy groups -OCH3 is 2. The van der Waals surface area contributed by atoms with Gasteiger partial charge in [0, 0.05) is 29.1 Å². The first-order chi connectivity index (χ1) is 15.8. The highest BCUT2D eigenvalue weighted by molar-refractivity contribution is 6.32. The molecule has 0 unspecified atom stereocenters. The number of rotatable bonds is 9. The van der Waals surface area contributed by atoms with Crippen LogP contribution in [0.3, 0.4) is 0 Å². The summed E-state index contributed by atoms with van der Waals surface area (Å²) in [6.07, 6.45) is 1.47. The summed E-state index contributed by atoms with van der Waals surface area (Å²) in [5.74, 6) is 0.136. The number of nitrogens with zero attached hydrogens (tertiary/aromatic N) is 1. The number of hydrogen-bond donors (Lipinski definition) is 1. The lowest BCUT2D eigenvalue weighted by Gasteiger charge is -2.37. The Kier molecular flexibility index (Phi) is 8.83. The molecule has 178 valence electrons. The first-order valence-electron chi connectivity index (χ1n) is 10.6. The van der Waals surface area contributed by atoms with Gasteiger partial charge >= 0.3 is 5.97 Å². The van der Waals surface area contributed by atoms with Gasteiger partial charge in [-0.05, 0) is 54.2 Å². The van der Waals surface area contributed by atoms with Gasteiger partial charge < -0.3 is 24.2 Å². The molecule has 1 aliphatic heterocycles. The van der Waals surface area contributed by atoms with Crippen LogP contribution in [0.5, 0.6) is 11.5 Å². The number of piperidine rings is 1. The second kappa shape index (κ2) is 11.6. The Bertz CT molecular complexity index is 937. The highest BCUT2D eigenvalue weighted by Gasteiger charge is 2.33. The van der Waals surface area contributed by atoms with Crippen LogP contribution < -0.4 is 9.47 Å². The lowest BCUT2D eigenvalue weighted by molar-refractivity contribution is -0.146. The van der Waals surface area contributed by atoms with E-state index in [-0.39, 0.29) is 24.3 Å². The van der Waals surface area contributed by atoms with Crippen molar-refractivity contribution in [3.8, 4) is 11.5 Å². The Hall–Kier alpha value is -2.48. The fourth-order valence-corrected chi connectivity index (χ4v) is 4.82. The van der Waals surface area contributed by atoms with Crippen LogP contribution in [0.4, 0.5) is 0 Å². The molecule has 1 aliphatic rings. The number of carboxylic acid groups (broad SMARTS) is 1. The quantitative estimate of drug-likeness (QED) is 0.551. The molecule has 0 spiro atoms. The van der Waals surface area contributed by atoms with Crippen LogP contribution in [0, 0.1) is 5.92 Å². The minimum Gasteiger partial charge on any atom is -0.497 e. The van der Waals surface area contributed by atoms with Crippen molar-refractivity contribution in [3.63, 3.8) is 0 Å². The Morgan fingerprint density at radius 1 is 0.970 bits per heavy atom. The maximum atomic E-state index is 12.4. The number of amides is 1. The van der Waals surface area contributed by atoms with Gasteiger partial charge in [0.15, 0.2) is 0 Å². The van der Waals surface area contributed by atoms with Crippen LogP contribution in [-0.2, 0) is 14.3 Å². The van der Waals surface area contributed by atoms with Crippen molar-refractivity contribution in [2.75, 3.05) is 40.5 Å². The SMILES string of the molecule is COc1ccc(C(c2ccc(OC)cc2Cl)C2CCN(C(=O)COCC(=O)O)CC2)c(Cl)c1. The number of likely N-dealkylation sites (tertiary alicyclic amines) is 1. The molecule has 2 aromatic carbocycles. The number of ether oxygens (including phenoxy) is 3. The molecule has 9 heteroatoms. The maximum absolute atomic E-state index is 12.4. The Morgan fingerprint density at radius 3 is 1.91 bits per heavy atom. The highest BCUT2D eigenvalue weighted by Crippen LogP contribution is 2.44. The van der Waals surface area contributed by atoms with Gasteiger partial charge in [0.05, 0.1) is 14.2 Å². The second-order valence-electron chi connectivity index (χ2n) is 7.86. The van der Waals surface area contributed by atoms with Gasteiger partial charge in [0.1, 0.15) is 24.7 Å². The molecule has 0 radical (unpaired) electrons. The molecule has 1 saturated heterocycles. The van der Waals surface area contributed by atoms with Gasteiger partial charge in [-0.1, -0.05) is 35.3 Å². The van der Waals surface area contributed by atoms with E-state index in [0.717, 1.165) is 24.0 Å². The van der Waals surface area contributed by atoms with Gasteiger partial charge in [0.2, 0.25) is 5.91 Å². The van der Waals surface area contributed by atoms with Crippen LogP contribution in [0.25, 0.3) is 0 Å². The van der Waals surface area contributed by atoms with E-state index in [0.29, 0.717) is 34.6 Å². The Labute approximate surface area is 203 Å². The van der Waals surface area contributed by atoms with E-state index in [1.54, 1.807) is 31.3 Å². The molecule has 0 bridgehead atoms. The predicted molar refractivity (Wildman–Crippen MR) is 126 cm³/mol. The molecule has 3 rings (SSSR count). The molecule has 33 heavy (non-hydrogen) atoms. The third kappa shape index (κ3) is 6.31. The van der Waals surface area contributed by atoms with Gasteiger partial charge in [-0.15, -0.1) is 0 Å². The topological polar surface area (TPSA) is 85.3 Å². The van der Waals surface area contributed by atoms with E-state index in [1.807, 2.05) is 24.3 Å². The summed E-state index contributed by atoms with van der Waals surface area (Å²) < 4.78 is 15.6. The molecule has 1 amide bonds. The summed E-state index contributed by atoms with van der Waals surface area (Å²) >= 11 is 13.3. The van der Waals surface area contributed by atoms with E-state index in [1.165, 1.54) is 0 Å². The third-order valence-electron chi connectivity index (χ3n) is 5.90. The summed E-state index contributed by atoms with van der Waals surface area (Å²) in [5, 5.41) is 9.85. The number of carbonyl (C=O) groups excluding carboxylic acids is 1. The fraction of sp³-hybridized carbons (Fsp3) is 0.417. The van der Waals surface area contributed by atoms with E-state index < -0.39 is 12.6 Å². The van der Waals surface area contributed by atoms with Crippen LogP contribution >= 0.6 is 23.2 Å². The van der Waals surface area contributed by atoms with Crippen molar-refractivity contribution in [3.05, 3.63) is 57.6 Å². The Balaban J connectivity index is 1.83. The van der Waals surface area contributed by atoms with Crippen LogP contribution in [0.15, 0.2) is 36.4 Å². The van der Waals surface area contributed by atoms with Gasteiger partial charge in [-0.2, -0.15) is 0 Å². The molecular formula is C24H27Cl2NO6. The average molecular weight is 496 g/mol. The zero-order chi connectivity index (χ0) is 24.0. The molecular weight excluding hydrogens is 469 g/mol. The van der Waals surface area contributed by atoms with Crippen molar-refractivity contribution in [1.82, 2.24) is 4.90 Å². The number of aliphatic carboxylic acids is 1. The predicted octanol–water partition coefficient (Wildman–Crippen LogP) is 4.48. The van der Waals surface area contributed by atoms with Gasteiger partial charge in [-0.3, -0.25) is 4.79 Å². The highest BCUT2D eigenvalue weighted by atomic mass is 35.5. The van der Waals surface area contributed by atoms with E-state index >= 15 is 0 Å². The van der Waals surface area contributed by atoms with E-state index in [4.69, 9.17) is 42.5 Å². The average Bonchev–Trinajstić information content (AvgIpc) is 2.81. The molecule has 1 heterocycles. The van der Waals surface area contributed by atoms with Crippen LogP contribution in [0.1, 0.15) is 29.9 Å². The van der Waals surface area contributed by atoms with Crippen LogP contribution in [0.2, 0.25) is 10.0 Å². The number of hydrogen-bond acceptors (Lipinski definition) is 5. The minimum absolute atomic E-state index is 0.0812. The molecule has 1 fully saturated rings. The molecule has 1 N–H and O–H groups in total. The first-order valence-corrected chi connectivity index (χ1v) is 11.3. The lowest BCUT2D eigenvalue weighted by atomic mass is 9.76. The van der Waals surface area contributed by atoms with Gasteiger partial charge in [-0.25, -0.2) is 4.79 Å². The maximum Gasteiger partial charge on any atom is 0.329 e. The van der Waals surface area contributed by atoms with E-state index in [9.17, 15) is 9.59 Å². The van der Waals surface area contributed by atoms with Crippen LogP contribution in [-0.4, -0.2) is 62.4 Å². The molecule has 0 saturated carbocycles. The van der Waals surface area contributed by atoms with Crippen molar-refractivity contribution < 1.29 is 28.9 Å². The third-order valence-corrected chi connectivity index (χ3v) is 6.55. The summed E-state index contributed by atoms with van der Waals surface area (Å²) in [4.78, 5) is 24.7. The number of carbonyl (C=O) groups is 2. The zero-order valence-corrected chi connectivity index (χ0v) is 20.1. The van der Waals surface area contributed by atoms with Gasteiger partial charge in [0.25, 0.3) is 0 Å². The van der Waals surface area contributed by atoms with E-state index in [2.05, 4.69) is 0 Å². The first kappa shape index (κ1) is 25.1. The minimum atomic E-state index is -1.10. The standard InChI is InChI=1S/C24H27Cl2NO6/c1-31-16-3-5-18(20(25)11-16)24(19-6-4-17(32-2)12-21(19)26)15-7-9-27(10-8-15)22(28)13-33-14-23(29)30/h3-6,11-12,15,24H,7-10,13-14H2,1-2H3,(H,29,30). The smallest absolute Gasteiger partial charge is 0.329 e. The monoisotopic (exact) mass is 495 g/mol. The van der Waals surface area contributed by atoms with Crippen molar-refractivity contribution in [2.45, 2.75) is 18.8 Å². The molecule has 2 aromatic rings. The number of carboxylic acids is 1. The second-order valence-corrected chi connectivity index (χ2v) is 8.67. The van der Waals surface area contributed by atoms with Crippen molar-refractivity contribution in [2.24, 2.45) is 5.92 Å². The number of benzene rings is 2. The summed E-state index contributed by atoms with van der Waals surface area (Å²) in [5.41, 5.74) is 1.89. The molecule has 7 nitrogen and oxygen atoms in total. The lowest BCUT2D eigenvalue weighted by Crippen LogP contribution is -2.41. The largest absolute Gasteiger partial charge is 0.497 e. The molecule has 0 atom stereocenters. The number of halogens is 2. The summed E-state index contributed by atoms with van der Waals surface area (Å²) in [7, 11) is 3.19. The molecule has 0 aromatic heterocycles. The summed E-state index contributed by atoms with van der Waals surface area (Å²) in [6.45, 7) is 0.348.